The normalized spacial score (nSPS) is 16.0. The summed E-state index contributed by atoms with van der Waals surface area (Å²) in [6, 6.07) is 13.5. The number of methoxy groups -OCH3 is 2. The molecule has 0 aliphatic carbocycles. The number of rotatable bonds is 8. The predicted octanol–water partition coefficient (Wildman–Crippen LogP) is 5.21. The number of pyridine rings is 1. The number of ether oxygens (including phenoxy) is 2. The van der Waals surface area contributed by atoms with E-state index in [2.05, 4.69) is 30.0 Å². The van der Waals surface area contributed by atoms with Crippen LogP contribution in [-0.2, 0) is 24.1 Å². The molecule has 0 radical (unpaired) electrons. The van der Waals surface area contributed by atoms with Crippen molar-refractivity contribution in [1.82, 2.24) is 44.5 Å². The number of fused-ring (bicyclic) bond motifs is 2. The monoisotopic (exact) mass is 659 g/mol. The van der Waals surface area contributed by atoms with Crippen molar-refractivity contribution >= 4 is 27.8 Å². The molecule has 1 aliphatic heterocycles. The van der Waals surface area contributed by atoms with Crippen molar-refractivity contribution in [3.05, 3.63) is 84.3 Å². The summed E-state index contributed by atoms with van der Waals surface area (Å²) >= 11 is 0. The lowest BCUT2D eigenvalue weighted by Crippen LogP contribution is -2.39. The molecule has 0 spiro atoms. The maximum Gasteiger partial charge on any atom is 0.449 e. The highest BCUT2D eigenvalue weighted by Gasteiger charge is 2.39. The number of alkyl halides is 3. The van der Waals surface area contributed by atoms with Gasteiger partial charge in [0, 0.05) is 49.4 Å². The van der Waals surface area contributed by atoms with Gasteiger partial charge in [-0.2, -0.15) is 18.3 Å². The summed E-state index contributed by atoms with van der Waals surface area (Å²) in [5, 5.41) is 7.76. The Morgan fingerprint density at radius 1 is 1.00 bits per heavy atom. The van der Waals surface area contributed by atoms with E-state index in [1.54, 1.807) is 24.4 Å². The molecule has 5 heterocycles. The first-order valence-corrected chi connectivity index (χ1v) is 15.3. The smallest absolute Gasteiger partial charge is 0.449 e. The molecule has 1 amide bonds. The Morgan fingerprint density at radius 3 is 2.62 bits per heavy atom. The molecule has 48 heavy (non-hydrogen) atoms. The van der Waals surface area contributed by atoms with E-state index in [0.29, 0.717) is 54.8 Å². The fourth-order valence-electron chi connectivity index (χ4n) is 6.26. The fourth-order valence-corrected chi connectivity index (χ4v) is 6.26. The van der Waals surface area contributed by atoms with Crippen molar-refractivity contribution in [2.75, 3.05) is 33.9 Å². The highest BCUT2D eigenvalue weighted by molar-refractivity contribution is 5.85. The first kappa shape index (κ1) is 31.2. The van der Waals surface area contributed by atoms with Crippen LogP contribution in [0.4, 0.5) is 13.2 Å². The molecule has 2 N–H and O–H groups in total. The Kier molecular flexibility index (Phi) is 8.21. The number of para-hydroxylation sites is 1. The summed E-state index contributed by atoms with van der Waals surface area (Å²) in [5.41, 5.74) is 3.35. The Labute approximate surface area is 272 Å². The van der Waals surface area contributed by atoms with Crippen LogP contribution in [-0.4, -0.2) is 84.3 Å². The second-order valence-corrected chi connectivity index (χ2v) is 11.6. The number of H-pyrrole nitrogens is 2. The van der Waals surface area contributed by atoms with Crippen molar-refractivity contribution in [2.24, 2.45) is 0 Å². The third-order valence-electron chi connectivity index (χ3n) is 8.62. The van der Waals surface area contributed by atoms with Gasteiger partial charge in [-0.1, -0.05) is 18.2 Å². The minimum Gasteiger partial charge on any atom is -0.497 e. The largest absolute Gasteiger partial charge is 0.497 e. The van der Waals surface area contributed by atoms with Crippen molar-refractivity contribution in [3.63, 3.8) is 0 Å². The first-order valence-electron chi connectivity index (χ1n) is 15.3. The zero-order valence-electron chi connectivity index (χ0n) is 26.2. The summed E-state index contributed by atoms with van der Waals surface area (Å²) in [6.45, 7) is 1.38. The van der Waals surface area contributed by atoms with Crippen molar-refractivity contribution < 1.29 is 27.4 Å². The molecule has 4 aromatic heterocycles. The zero-order valence-corrected chi connectivity index (χ0v) is 26.2. The van der Waals surface area contributed by atoms with E-state index in [1.807, 2.05) is 36.5 Å². The number of amides is 1. The Hall–Kier alpha value is -5.44. The molecule has 15 heteroatoms. The highest BCUT2D eigenvalue weighted by atomic mass is 19.4. The Bertz CT molecular complexity index is 2070. The highest BCUT2D eigenvalue weighted by Crippen LogP contribution is 2.35. The molecular weight excluding hydrogens is 627 g/mol. The first-order chi connectivity index (χ1) is 23.2. The Morgan fingerprint density at radius 2 is 1.85 bits per heavy atom. The van der Waals surface area contributed by atoms with Crippen LogP contribution in [0.2, 0.25) is 0 Å². The number of aromatic amines is 2. The molecule has 1 atom stereocenters. The van der Waals surface area contributed by atoms with Crippen LogP contribution in [0.25, 0.3) is 33.2 Å². The van der Waals surface area contributed by atoms with E-state index in [-0.39, 0.29) is 17.6 Å². The zero-order chi connectivity index (χ0) is 33.4. The van der Waals surface area contributed by atoms with E-state index < -0.39 is 30.5 Å². The second kappa shape index (κ2) is 12.6. The van der Waals surface area contributed by atoms with Crippen LogP contribution in [0.3, 0.4) is 0 Å². The van der Waals surface area contributed by atoms with Gasteiger partial charge in [0.25, 0.3) is 0 Å². The van der Waals surface area contributed by atoms with Gasteiger partial charge in [-0.25, -0.2) is 15.0 Å². The quantitative estimate of drug-likeness (QED) is 0.228. The van der Waals surface area contributed by atoms with E-state index in [1.165, 1.54) is 25.3 Å². The third-order valence-corrected chi connectivity index (χ3v) is 8.62. The molecule has 1 saturated heterocycles. The van der Waals surface area contributed by atoms with Crippen LogP contribution < -0.4 is 9.47 Å². The molecule has 0 saturated carbocycles. The van der Waals surface area contributed by atoms with Crippen molar-refractivity contribution in [3.8, 4) is 22.9 Å². The molecule has 248 valence electrons. The maximum atomic E-state index is 14.2. The van der Waals surface area contributed by atoms with E-state index >= 15 is 0 Å². The topological polar surface area (TPSA) is 130 Å². The number of hydrogen-bond acceptors (Lipinski definition) is 8. The fraction of sp³-hybridized carbons (Fsp3) is 0.303. The van der Waals surface area contributed by atoms with Gasteiger partial charge in [0.15, 0.2) is 0 Å². The van der Waals surface area contributed by atoms with Gasteiger partial charge in [0.1, 0.15) is 18.1 Å². The third kappa shape index (κ3) is 6.03. The van der Waals surface area contributed by atoms with E-state index in [4.69, 9.17) is 14.5 Å². The Balaban J connectivity index is 1.25. The number of imidazole rings is 2. The summed E-state index contributed by atoms with van der Waals surface area (Å²) < 4.78 is 54.5. The standard InChI is InChI=1S/C33H32F3N9O3/c1-47-22-7-8-25-28(14-22)45(32(42-25)33(34,35)36)19-29(46)44-12-11-43(18-20-15-38-39-16-20)10-9-27(44)30-37-17-26(40-30)23-13-21-5-3-4-6-24(21)41-31(23)48-2/h3-8,13-17,27H,9-12,18-19H2,1-2H3,(H,37,40)(H,38,39). The van der Waals surface area contributed by atoms with Crippen LogP contribution in [0.15, 0.2) is 67.1 Å². The lowest BCUT2D eigenvalue weighted by molar-refractivity contribution is -0.148. The average molecular weight is 660 g/mol. The average Bonchev–Trinajstić information content (AvgIpc) is 3.83. The molecular formula is C33H32F3N9O3. The number of halogens is 3. The summed E-state index contributed by atoms with van der Waals surface area (Å²) in [7, 11) is 2.97. The second-order valence-electron chi connectivity index (χ2n) is 11.6. The van der Waals surface area contributed by atoms with Crippen LogP contribution in [0, 0.1) is 0 Å². The number of benzene rings is 2. The van der Waals surface area contributed by atoms with Gasteiger partial charge in [-0.05, 0) is 30.7 Å². The lowest BCUT2D eigenvalue weighted by atomic mass is 10.1. The minimum atomic E-state index is -4.78. The summed E-state index contributed by atoms with van der Waals surface area (Å²) in [5.74, 6) is -0.379. The van der Waals surface area contributed by atoms with Crippen LogP contribution in [0.1, 0.15) is 29.7 Å². The number of nitrogens with one attached hydrogen (secondary N) is 2. The summed E-state index contributed by atoms with van der Waals surface area (Å²) in [6.07, 6.45) is 0.916. The molecule has 6 aromatic rings. The maximum absolute atomic E-state index is 14.2. The molecule has 1 aliphatic rings. The molecule has 0 bridgehead atoms. The van der Waals surface area contributed by atoms with Crippen LogP contribution in [0.5, 0.6) is 11.6 Å². The van der Waals surface area contributed by atoms with Gasteiger partial charge < -0.3 is 23.9 Å². The molecule has 1 fully saturated rings. The summed E-state index contributed by atoms with van der Waals surface area (Å²) in [4.78, 5) is 34.5. The number of aromatic nitrogens is 7. The molecule has 2 aromatic carbocycles. The van der Waals surface area contributed by atoms with E-state index in [0.717, 1.165) is 21.0 Å². The van der Waals surface area contributed by atoms with E-state index in [9.17, 15) is 18.0 Å². The van der Waals surface area contributed by atoms with Crippen molar-refractivity contribution in [2.45, 2.75) is 31.7 Å². The number of hydrogen-bond donors (Lipinski definition) is 2. The molecule has 7 rings (SSSR count). The van der Waals surface area contributed by atoms with Gasteiger partial charge in [-0.3, -0.25) is 14.8 Å². The van der Waals surface area contributed by atoms with Gasteiger partial charge in [0.05, 0.1) is 60.5 Å². The molecule has 12 nitrogen and oxygen atoms in total. The van der Waals surface area contributed by atoms with Gasteiger partial charge in [-0.15, -0.1) is 0 Å². The number of nitrogens with zero attached hydrogens (tertiary/aromatic N) is 7. The number of carbonyl (C=O) groups is 1. The molecule has 1 unspecified atom stereocenters. The SMILES string of the molecule is COc1ccc2nc(C(F)(F)F)n(CC(=O)N3CCN(Cc4cn[nH]c4)CCC3c3ncc(-c4cc5ccccc5nc4OC)[nH]3)c2c1. The lowest BCUT2D eigenvalue weighted by Gasteiger charge is -2.29. The predicted molar refractivity (Wildman–Crippen MR) is 170 cm³/mol. The van der Waals surface area contributed by atoms with Gasteiger partial charge in [0.2, 0.25) is 17.6 Å². The minimum absolute atomic E-state index is 0.114. The van der Waals surface area contributed by atoms with Gasteiger partial charge >= 0.3 is 6.18 Å². The van der Waals surface area contributed by atoms with Crippen LogP contribution >= 0.6 is 0 Å². The number of carbonyl (C=O) groups excluding carboxylic acids is 1. The van der Waals surface area contributed by atoms with Crippen molar-refractivity contribution in [1.29, 1.82) is 0 Å².